The average molecular weight is 198 g/mol. The second-order valence-corrected chi connectivity index (χ2v) is 2.57. The molecule has 0 spiro atoms. The van der Waals surface area contributed by atoms with E-state index in [4.69, 9.17) is 11.0 Å². The number of anilines is 1. The zero-order chi connectivity index (χ0) is 7.56. The van der Waals surface area contributed by atoms with E-state index in [1.807, 2.05) is 6.07 Å². The minimum absolute atomic E-state index is 0.356. The Morgan fingerprint density at radius 2 is 2.40 bits per heavy atom. The van der Waals surface area contributed by atoms with Crippen molar-refractivity contribution < 1.29 is 0 Å². The van der Waals surface area contributed by atoms with Crippen LogP contribution >= 0.6 is 15.9 Å². The summed E-state index contributed by atoms with van der Waals surface area (Å²) in [5.41, 5.74) is 6.28. The third-order valence-corrected chi connectivity index (χ3v) is 1.57. The number of nitrogen functional groups attached to an aromatic ring is 1. The molecule has 10 heavy (non-hydrogen) atoms. The minimum atomic E-state index is 0.356. The van der Waals surface area contributed by atoms with Crippen LogP contribution in [-0.2, 0) is 0 Å². The second-order valence-electron chi connectivity index (χ2n) is 1.71. The normalized spacial score (nSPS) is 8.80. The van der Waals surface area contributed by atoms with Crippen LogP contribution < -0.4 is 5.73 Å². The smallest absolute Gasteiger partial charge is 0.154 e. The van der Waals surface area contributed by atoms with Crippen LogP contribution in [-0.4, -0.2) is 4.98 Å². The van der Waals surface area contributed by atoms with Crippen LogP contribution in [0.2, 0.25) is 0 Å². The Balaban J connectivity index is 3.23. The van der Waals surface area contributed by atoms with Gasteiger partial charge in [0, 0.05) is 0 Å². The van der Waals surface area contributed by atoms with Crippen LogP contribution in [0.5, 0.6) is 0 Å². The minimum Gasteiger partial charge on any atom is -0.397 e. The molecule has 1 aromatic rings. The molecule has 1 heterocycles. The molecule has 0 fully saturated rings. The van der Waals surface area contributed by atoms with Gasteiger partial charge in [0.05, 0.1) is 16.4 Å². The number of aromatic nitrogens is 1. The van der Waals surface area contributed by atoms with Crippen molar-refractivity contribution in [1.82, 2.24) is 4.98 Å². The van der Waals surface area contributed by atoms with Gasteiger partial charge in [-0.25, -0.2) is 4.98 Å². The van der Waals surface area contributed by atoms with Gasteiger partial charge in [-0.15, -0.1) is 0 Å². The molecule has 0 unspecified atom stereocenters. The highest BCUT2D eigenvalue weighted by Crippen LogP contribution is 2.15. The van der Waals surface area contributed by atoms with Gasteiger partial charge >= 0.3 is 0 Å². The summed E-state index contributed by atoms with van der Waals surface area (Å²) in [6, 6.07) is 3.55. The molecule has 1 rings (SSSR count). The third kappa shape index (κ3) is 1.25. The Morgan fingerprint density at radius 3 is 2.90 bits per heavy atom. The lowest BCUT2D eigenvalue weighted by molar-refractivity contribution is 1.25. The Bertz CT molecular complexity index is 290. The average Bonchev–Trinajstić information content (AvgIpc) is 1.88. The Hall–Kier alpha value is -1.08. The van der Waals surface area contributed by atoms with E-state index < -0.39 is 0 Å². The van der Waals surface area contributed by atoms with E-state index in [0.29, 0.717) is 15.9 Å². The van der Waals surface area contributed by atoms with Gasteiger partial charge in [-0.05, 0) is 22.0 Å². The fourth-order valence-corrected chi connectivity index (χ4v) is 0.990. The molecule has 0 atom stereocenters. The number of halogens is 1. The van der Waals surface area contributed by atoms with Crippen LogP contribution in [0.15, 0.2) is 16.7 Å². The molecule has 0 saturated carbocycles. The molecular weight excluding hydrogens is 194 g/mol. The number of hydrogen-bond acceptors (Lipinski definition) is 3. The predicted molar refractivity (Wildman–Crippen MR) is 41.1 cm³/mol. The first-order chi connectivity index (χ1) is 4.74. The lowest BCUT2D eigenvalue weighted by Crippen LogP contribution is -1.89. The number of nitriles is 1. The Labute approximate surface area is 66.6 Å². The molecule has 4 heteroatoms. The fourth-order valence-electron chi connectivity index (χ4n) is 0.535. The van der Waals surface area contributed by atoms with Crippen molar-refractivity contribution in [2.24, 2.45) is 0 Å². The molecule has 0 radical (unpaired) electrons. The van der Waals surface area contributed by atoms with Crippen molar-refractivity contribution in [3.8, 4) is 6.07 Å². The lowest BCUT2D eigenvalue weighted by atomic mass is 10.3. The molecular formula is C6H4BrN3. The van der Waals surface area contributed by atoms with Crippen molar-refractivity contribution in [2.45, 2.75) is 0 Å². The van der Waals surface area contributed by atoms with Gasteiger partial charge in [0.15, 0.2) is 5.69 Å². The fraction of sp³-hybridized carbons (Fsp3) is 0. The van der Waals surface area contributed by atoms with Gasteiger partial charge in [-0.1, -0.05) is 0 Å². The highest BCUT2D eigenvalue weighted by Gasteiger charge is 1.98. The molecule has 1 aromatic heterocycles. The molecule has 3 nitrogen and oxygen atoms in total. The zero-order valence-corrected chi connectivity index (χ0v) is 6.59. The Morgan fingerprint density at radius 1 is 1.70 bits per heavy atom. The van der Waals surface area contributed by atoms with Crippen molar-refractivity contribution in [1.29, 1.82) is 5.26 Å². The first kappa shape index (κ1) is 7.03. The molecule has 0 aromatic carbocycles. The third-order valence-electron chi connectivity index (χ3n) is 0.968. The monoisotopic (exact) mass is 197 g/mol. The maximum absolute atomic E-state index is 8.43. The van der Waals surface area contributed by atoms with E-state index in [-0.39, 0.29) is 0 Å². The molecule has 0 saturated heterocycles. The van der Waals surface area contributed by atoms with Crippen molar-refractivity contribution in [3.05, 3.63) is 22.4 Å². The van der Waals surface area contributed by atoms with Crippen LogP contribution in [0.3, 0.4) is 0 Å². The standard InChI is InChI=1S/C6H4BrN3/c7-5-1-4(9)3-10-6(5)2-8/h1,3H,9H2. The van der Waals surface area contributed by atoms with Gasteiger partial charge in [-0.2, -0.15) is 5.26 Å². The van der Waals surface area contributed by atoms with E-state index in [1.165, 1.54) is 6.20 Å². The predicted octanol–water partition coefficient (Wildman–Crippen LogP) is 1.30. The van der Waals surface area contributed by atoms with Crippen molar-refractivity contribution in [3.63, 3.8) is 0 Å². The van der Waals surface area contributed by atoms with Crippen LogP contribution in [0.25, 0.3) is 0 Å². The molecule has 0 aliphatic carbocycles. The SMILES string of the molecule is N#Cc1ncc(N)cc1Br. The number of pyridine rings is 1. The first-order valence-electron chi connectivity index (χ1n) is 2.55. The maximum atomic E-state index is 8.43. The highest BCUT2D eigenvalue weighted by atomic mass is 79.9. The van der Waals surface area contributed by atoms with Crippen molar-refractivity contribution in [2.75, 3.05) is 5.73 Å². The number of nitrogens with zero attached hydrogens (tertiary/aromatic N) is 2. The summed E-state index contributed by atoms with van der Waals surface area (Å²) in [6.45, 7) is 0. The van der Waals surface area contributed by atoms with Gasteiger partial charge in [0.25, 0.3) is 0 Å². The molecule has 0 bridgehead atoms. The second kappa shape index (κ2) is 2.67. The van der Waals surface area contributed by atoms with Gasteiger partial charge in [0.2, 0.25) is 0 Å². The summed E-state index contributed by atoms with van der Waals surface area (Å²) < 4.78 is 0.634. The number of rotatable bonds is 0. The quantitative estimate of drug-likeness (QED) is 0.683. The summed E-state index contributed by atoms with van der Waals surface area (Å²) in [5, 5.41) is 8.43. The van der Waals surface area contributed by atoms with Crippen LogP contribution in [0.1, 0.15) is 5.69 Å². The zero-order valence-electron chi connectivity index (χ0n) is 5.00. The van der Waals surface area contributed by atoms with E-state index >= 15 is 0 Å². The van der Waals surface area contributed by atoms with E-state index in [1.54, 1.807) is 6.07 Å². The van der Waals surface area contributed by atoms with Gasteiger partial charge in [-0.3, -0.25) is 0 Å². The van der Waals surface area contributed by atoms with Crippen molar-refractivity contribution >= 4 is 21.6 Å². The van der Waals surface area contributed by atoms with E-state index in [2.05, 4.69) is 20.9 Å². The molecule has 2 N–H and O–H groups in total. The lowest BCUT2D eigenvalue weighted by Gasteiger charge is -1.93. The number of hydrogen-bond donors (Lipinski definition) is 1. The van der Waals surface area contributed by atoms with Gasteiger partial charge in [0.1, 0.15) is 6.07 Å². The van der Waals surface area contributed by atoms with E-state index in [9.17, 15) is 0 Å². The van der Waals surface area contributed by atoms with Crippen LogP contribution in [0, 0.1) is 11.3 Å². The van der Waals surface area contributed by atoms with E-state index in [0.717, 1.165) is 0 Å². The summed E-state index contributed by atoms with van der Waals surface area (Å²) in [6.07, 6.45) is 1.45. The molecule has 0 aliphatic heterocycles. The largest absolute Gasteiger partial charge is 0.397 e. The molecule has 50 valence electrons. The maximum Gasteiger partial charge on any atom is 0.154 e. The molecule has 0 amide bonds. The van der Waals surface area contributed by atoms with Crippen LogP contribution in [0.4, 0.5) is 5.69 Å². The first-order valence-corrected chi connectivity index (χ1v) is 3.34. The highest BCUT2D eigenvalue weighted by molar-refractivity contribution is 9.10. The topological polar surface area (TPSA) is 62.7 Å². The molecule has 0 aliphatic rings. The summed E-state index contributed by atoms with van der Waals surface area (Å²) in [7, 11) is 0. The Kier molecular flexibility index (Phi) is 1.88. The summed E-state index contributed by atoms with van der Waals surface area (Å²) in [4.78, 5) is 3.76. The number of nitrogens with two attached hydrogens (primary N) is 1. The summed E-state index contributed by atoms with van der Waals surface area (Å²) >= 11 is 3.14. The van der Waals surface area contributed by atoms with Gasteiger partial charge < -0.3 is 5.73 Å². The summed E-state index contributed by atoms with van der Waals surface area (Å²) in [5.74, 6) is 0.